The number of halogens is 2. The molecule has 0 aliphatic carbocycles. The van der Waals surface area contributed by atoms with Crippen molar-refractivity contribution in [2.24, 2.45) is 0 Å². The number of amides is 1. The maximum absolute atomic E-state index is 13.6. The van der Waals surface area contributed by atoms with E-state index in [-0.39, 0.29) is 28.8 Å². The molecule has 1 N–H and O–H groups in total. The van der Waals surface area contributed by atoms with E-state index in [9.17, 15) is 17.6 Å². The number of benzene rings is 3. The summed E-state index contributed by atoms with van der Waals surface area (Å²) in [7, 11) is -4.10. The molecule has 0 bridgehead atoms. The van der Waals surface area contributed by atoms with Gasteiger partial charge in [-0.05, 0) is 67.4 Å². The van der Waals surface area contributed by atoms with Gasteiger partial charge in [-0.15, -0.1) is 0 Å². The molecule has 0 spiro atoms. The second-order valence-corrected chi connectivity index (χ2v) is 9.71. The molecule has 3 aromatic rings. The number of rotatable bonds is 9. The first-order valence-electron chi connectivity index (χ1n) is 10.2. The molecule has 0 fully saturated rings. The molecule has 0 heterocycles. The first-order chi connectivity index (χ1) is 15.7. The number of aryl methyl sites for hydroxylation is 2. The topological polar surface area (TPSA) is 75.7 Å². The van der Waals surface area contributed by atoms with Crippen molar-refractivity contribution in [3.05, 3.63) is 88.7 Å². The van der Waals surface area contributed by atoms with Crippen LogP contribution in [0.5, 0.6) is 5.75 Å². The molecule has 1 amide bonds. The Balaban J connectivity index is 1.71. The summed E-state index contributed by atoms with van der Waals surface area (Å²) in [6.07, 6.45) is 0. The number of anilines is 1. The second-order valence-electron chi connectivity index (χ2n) is 7.44. The Morgan fingerprint density at radius 3 is 2.33 bits per heavy atom. The van der Waals surface area contributed by atoms with E-state index < -0.39 is 28.3 Å². The largest absolute Gasteiger partial charge is 0.492 e. The maximum atomic E-state index is 13.6. The van der Waals surface area contributed by atoms with Crippen LogP contribution in [0.2, 0.25) is 5.02 Å². The Bertz CT molecular complexity index is 1220. The lowest BCUT2D eigenvalue weighted by Crippen LogP contribution is -2.42. The third kappa shape index (κ3) is 6.46. The molecule has 0 atom stereocenters. The van der Waals surface area contributed by atoms with Gasteiger partial charge >= 0.3 is 0 Å². The lowest BCUT2D eigenvalue weighted by atomic mass is 10.1. The molecule has 6 nitrogen and oxygen atoms in total. The van der Waals surface area contributed by atoms with Crippen LogP contribution < -0.4 is 14.4 Å². The molecular formula is C24H24ClFN2O4S. The number of nitrogens with zero attached hydrogens (tertiary/aromatic N) is 1. The molecular weight excluding hydrogens is 467 g/mol. The van der Waals surface area contributed by atoms with Crippen molar-refractivity contribution in [2.45, 2.75) is 18.7 Å². The van der Waals surface area contributed by atoms with Gasteiger partial charge < -0.3 is 10.1 Å². The van der Waals surface area contributed by atoms with E-state index in [2.05, 4.69) is 5.32 Å². The van der Waals surface area contributed by atoms with Gasteiger partial charge in [0.2, 0.25) is 5.91 Å². The Labute approximate surface area is 198 Å². The number of carbonyl (C=O) groups is 1. The minimum atomic E-state index is -4.10. The Morgan fingerprint density at radius 1 is 1.03 bits per heavy atom. The summed E-state index contributed by atoms with van der Waals surface area (Å²) < 4.78 is 46.7. The van der Waals surface area contributed by atoms with Crippen molar-refractivity contribution in [3.63, 3.8) is 0 Å². The fraction of sp³-hybridized carbons (Fsp3) is 0.208. The molecule has 174 valence electrons. The van der Waals surface area contributed by atoms with Gasteiger partial charge in [-0.25, -0.2) is 12.8 Å². The van der Waals surface area contributed by atoms with Crippen molar-refractivity contribution >= 4 is 33.2 Å². The van der Waals surface area contributed by atoms with E-state index in [1.165, 1.54) is 24.3 Å². The SMILES string of the molecule is Cc1cc(C)cc(OCCNC(=O)CN(c2ccc(F)c(Cl)c2)S(=O)(=O)c2ccccc2)c1. The highest BCUT2D eigenvalue weighted by atomic mass is 35.5. The number of nitrogens with one attached hydrogen (secondary N) is 1. The average molecular weight is 491 g/mol. The highest BCUT2D eigenvalue weighted by molar-refractivity contribution is 7.92. The quantitative estimate of drug-likeness (QED) is 0.448. The maximum Gasteiger partial charge on any atom is 0.264 e. The van der Waals surface area contributed by atoms with Crippen LogP contribution in [0.4, 0.5) is 10.1 Å². The fourth-order valence-electron chi connectivity index (χ4n) is 3.24. The number of sulfonamides is 1. The minimum Gasteiger partial charge on any atom is -0.492 e. The fourth-order valence-corrected chi connectivity index (χ4v) is 4.85. The minimum absolute atomic E-state index is 0.00334. The van der Waals surface area contributed by atoms with Crippen molar-refractivity contribution in [2.75, 3.05) is 24.0 Å². The normalized spacial score (nSPS) is 11.2. The van der Waals surface area contributed by atoms with Crippen LogP contribution in [0.15, 0.2) is 71.6 Å². The zero-order chi connectivity index (χ0) is 24.0. The number of ether oxygens (including phenoxy) is 1. The Morgan fingerprint density at radius 2 is 1.70 bits per heavy atom. The molecule has 9 heteroatoms. The first kappa shape index (κ1) is 24.5. The van der Waals surface area contributed by atoms with Crippen LogP contribution in [0, 0.1) is 19.7 Å². The number of hydrogen-bond donors (Lipinski definition) is 1. The van der Waals surface area contributed by atoms with Crippen LogP contribution in [-0.4, -0.2) is 34.0 Å². The van der Waals surface area contributed by atoms with Crippen LogP contribution in [0.3, 0.4) is 0 Å². The summed E-state index contributed by atoms with van der Waals surface area (Å²) in [5, 5.41) is 2.41. The van der Waals surface area contributed by atoms with Gasteiger partial charge in [0.05, 0.1) is 22.2 Å². The van der Waals surface area contributed by atoms with E-state index in [0.29, 0.717) is 5.75 Å². The lowest BCUT2D eigenvalue weighted by Gasteiger charge is -2.24. The summed E-state index contributed by atoms with van der Waals surface area (Å²) in [5.74, 6) is -0.541. The van der Waals surface area contributed by atoms with E-state index in [1.54, 1.807) is 18.2 Å². The Kier molecular flexibility index (Phi) is 7.94. The van der Waals surface area contributed by atoms with E-state index in [4.69, 9.17) is 16.3 Å². The van der Waals surface area contributed by atoms with Gasteiger partial charge in [0.25, 0.3) is 10.0 Å². The molecule has 3 rings (SSSR count). The molecule has 0 aliphatic heterocycles. The molecule has 33 heavy (non-hydrogen) atoms. The van der Waals surface area contributed by atoms with Crippen molar-refractivity contribution in [1.82, 2.24) is 5.32 Å². The van der Waals surface area contributed by atoms with Crippen LogP contribution in [0.1, 0.15) is 11.1 Å². The van der Waals surface area contributed by atoms with Gasteiger partial charge in [0.1, 0.15) is 24.7 Å². The third-order valence-corrected chi connectivity index (χ3v) is 6.78. The number of hydrogen-bond acceptors (Lipinski definition) is 4. The Hall–Kier alpha value is -3.10. The summed E-state index contributed by atoms with van der Waals surface area (Å²) in [4.78, 5) is 12.6. The second kappa shape index (κ2) is 10.7. The smallest absolute Gasteiger partial charge is 0.264 e. The highest BCUT2D eigenvalue weighted by Crippen LogP contribution is 2.27. The van der Waals surface area contributed by atoms with Crippen molar-refractivity contribution in [1.29, 1.82) is 0 Å². The van der Waals surface area contributed by atoms with E-state index >= 15 is 0 Å². The predicted molar refractivity (Wildman–Crippen MR) is 127 cm³/mol. The molecule has 0 saturated heterocycles. The summed E-state index contributed by atoms with van der Waals surface area (Å²) >= 11 is 5.86. The summed E-state index contributed by atoms with van der Waals surface area (Å²) in [5.41, 5.74) is 2.20. The van der Waals surface area contributed by atoms with Gasteiger partial charge in [-0.1, -0.05) is 35.9 Å². The standard InChI is InChI=1S/C24H24ClFN2O4S/c1-17-12-18(2)14-20(13-17)32-11-10-27-24(29)16-28(19-8-9-23(26)22(25)15-19)33(30,31)21-6-4-3-5-7-21/h3-9,12-15H,10-11,16H2,1-2H3,(H,27,29). The van der Waals surface area contributed by atoms with Gasteiger partial charge in [0.15, 0.2) is 0 Å². The predicted octanol–water partition coefficient (Wildman–Crippen LogP) is 4.49. The highest BCUT2D eigenvalue weighted by Gasteiger charge is 2.27. The van der Waals surface area contributed by atoms with Gasteiger partial charge in [-0.2, -0.15) is 0 Å². The first-order valence-corrected chi connectivity index (χ1v) is 12.0. The van der Waals surface area contributed by atoms with E-state index in [0.717, 1.165) is 21.5 Å². The van der Waals surface area contributed by atoms with E-state index in [1.807, 2.05) is 32.0 Å². The monoisotopic (exact) mass is 490 g/mol. The van der Waals surface area contributed by atoms with Crippen LogP contribution >= 0.6 is 11.6 Å². The molecule has 0 unspecified atom stereocenters. The molecule has 0 aromatic heterocycles. The zero-order valence-electron chi connectivity index (χ0n) is 18.2. The molecule has 0 aliphatic rings. The summed E-state index contributed by atoms with van der Waals surface area (Å²) in [6, 6.07) is 17.0. The molecule has 0 radical (unpaired) electrons. The zero-order valence-corrected chi connectivity index (χ0v) is 19.8. The third-order valence-electron chi connectivity index (χ3n) is 4.70. The van der Waals surface area contributed by atoms with Crippen molar-refractivity contribution < 1.29 is 22.3 Å². The van der Waals surface area contributed by atoms with Gasteiger partial charge in [-0.3, -0.25) is 9.10 Å². The van der Waals surface area contributed by atoms with Crippen LogP contribution in [-0.2, 0) is 14.8 Å². The summed E-state index contributed by atoms with van der Waals surface area (Å²) in [6.45, 7) is 3.80. The number of carbonyl (C=O) groups excluding carboxylic acids is 1. The molecule has 0 saturated carbocycles. The molecule has 3 aromatic carbocycles. The van der Waals surface area contributed by atoms with Crippen molar-refractivity contribution in [3.8, 4) is 5.75 Å². The average Bonchev–Trinajstić information content (AvgIpc) is 2.77. The van der Waals surface area contributed by atoms with Crippen LogP contribution in [0.25, 0.3) is 0 Å². The van der Waals surface area contributed by atoms with Gasteiger partial charge in [0, 0.05) is 0 Å². The lowest BCUT2D eigenvalue weighted by molar-refractivity contribution is -0.119.